The predicted octanol–water partition coefficient (Wildman–Crippen LogP) is 6.14. The summed E-state index contributed by atoms with van der Waals surface area (Å²) in [5, 5.41) is 10.9. The molecule has 1 amide bonds. The van der Waals surface area contributed by atoms with Crippen LogP contribution in [0.3, 0.4) is 0 Å². The number of halogens is 2. The van der Waals surface area contributed by atoms with Gasteiger partial charge in [0.1, 0.15) is 0 Å². The predicted molar refractivity (Wildman–Crippen MR) is 148 cm³/mol. The Kier molecular flexibility index (Phi) is 7.57. The Morgan fingerprint density at radius 1 is 1.05 bits per heavy atom. The van der Waals surface area contributed by atoms with Crippen molar-refractivity contribution in [3.8, 4) is 0 Å². The van der Waals surface area contributed by atoms with E-state index in [1.807, 2.05) is 30.3 Å². The largest absolute Gasteiger partial charge is 0.481 e. The highest BCUT2D eigenvalue weighted by Crippen LogP contribution is 2.54. The maximum Gasteiger partial charge on any atom is 0.304 e. The van der Waals surface area contributed by atoms with Gasteiger partial charge in [-0.15, -0.1) is 0 Å². The average molecular weight is 579 g/mol. The Bertz CT molecular complexity index is 1320. The van der Waals surface area contributed by atoms with Crippen molar-refractivity contribution in [3.05, 3.63) is 69.7 Å². The van der Waals surface area contributed by atoms with Crippen LogP contribution in [0.5, 0.6) is 0 Å². The van der Waals surface area contributed by atoms with Gasteiger partial charge < -0.3 is 10.0 Å². The number of hydrogen-bond acceptors (Lipinski definition) is 4. The lowest BCUT2D eigenvalue weighted by Crippen LogP contribution is -2.58. The van der Waals surface area contributed by atoms with Crippen LogP contribution in [-0.2, 0) is 19.4 Å². The quantitative estimate of drug-likeness (QED) is 0.366. The molecule has 2 aliphatic carbocycles. The lowest BCUT2D eigenvalue weighted by molar-refractivity contribution is -0.160. The highest BCUT2D eigenvalue weighted by atomic mass is 35.5. The van der Waals surface area contributed by atoms with Crippen molar-refractivity contribution in [2.75, 3.05) is 11.5 Å². The summed E-state index contributed by atoms with van der Waals surface area (Å²) < 4.78 is 26.7. The number of carboxylic acid groups (broad SMARTS) is 1. The highest BCUT2D eigenvalue weighted by Gasteiger charge is 2.55. The van der Waals surface area contributed by atoms with Crippen LogP contribution in [0.15, 0.2) is 48.5 Å². The fourth-order valence-corrected chi connectivity index (χ4v) is 8.61. The third-order valence-electron chi connectivity index (χ3n) is 8.27. The van der Waals surface area contributed by atoms with Crippen LogP contribution in [0, 0.1) is 17.3 Å². The van der Waals surface area contributed by atoms with Crippen molar-refractivity contribution < 1.29 is 23.1 Å². The molecule has 9 heteroatoms. The Hall–Kier alpha value is -2.09. The van der Waals surface area contributed by atoms with E-state index in [1.165, 1.54) is 0 Å². The zero-order valence-electron chi connectivity index (χ0n) is 21.4. The summed E-state index contributed by atoms with van der Waals surface area (Å²) in [5.74, 6) is -1.32. The first-order chi connectivity index (χ1) is 18.0. The van der Waals surface area contributed by atoms with E-state index in [9.17, 15) is 23.1 Å². The summed E-state index contributed by atoms with van der Waals surface area (Å²) in [6.07, 6.45) is 3.51. The summed E-state index contributed by atoms with van der Waals surface area (Å²) in [6, 6.07) is 13.7. The molecule has 1 saturated heterocycles. The Balaban J connectivity index is 1.65. The van der Waals surface area contributed by atoms with E-state index in [4.69, 9.17) is 23.2 Å². The first kappa shape index (κ1) is 27.5. The molecule has 204 valence electrons. The van der Waals surface area contributed by atoms with Crippen molar-refractivity contribution >= 4 is 44.9 Å². The second kappa shape index (κ2) is 10.5. The normalized spacial score (nSPS) is 26.8. The molecule has 3 fully saturated rings. The Morgan fingerprint density at radius 2 is 1.74 bits per heavy atom. The number of likely N-dealkylation sites (tertiary alicyclic amines) is 1. The van der Waals surface area contributed by atoms with Gasteiger partial charge in [-0.1, -0.05) is 54.4 Å². The van der Waals surface area contributed by atoms with Crippen molar-refractivity contribution in [3.63, 3.8) is 0 Å². The van der Waals surface area contributed by atoms with Gasteiger partial charge in [-0.05, 0) is 79.3 Å². The molecule has 0 spiro atoms. The molecule has 0 aromatic heterocycles. The molecule has 1 heterocycles. The van der Waals surface area contributed by atoms with Crippen molar-refractivity contribution in [1.29, 1.82) is 0 Å². The summed E-state index contributed by atoms with van der Waals surface area (Å²) in [7, 11) is -3.41. The fourth-order valence-electron chi connectivity index (χ4n) is 6.14. The summed E-state index contributed by atoms with van der Waals surface area (Å²) in [6.45, 7) is 1.70. The van der Waals surface area contributed by atoms with E-state index >= 15 is 0 Å². The molecule has 2 saturated carbocycles. The number of nitrogens with zero attached hydrogens (tertiary/aromatic N) is 1. The number of carbonyl (C=O) groups excluding carboxylic acids is 1. The molecule has 4 unspecified atom stereocenters. The number of carboxylic acids is 1. The summed E-state index contributed by atoms with van der Waals surface area (Å²) >= 11 is 12.6. The maximum absolute atomic E-state index is 14.4. The molecule has 4 atom stereocenters. The zero-order valence-corrected chi connectivity index (χ0v) is 23.7. The number of amides is 1. The van der Waals surface area contributed by atoms with E-state index in [0.717, 1.165) is 36.8 Å². The minimum absolute atomic E-state index is 0.0647. The zero-order chi connectivity index (χ0) is 27.2. The molecule has 0 radical (unpaired) electrons. The molecule has 2 aromatic carbocycles. The van der Waals surface area contributed by atoms with Gasteiger partial charge in [0, 0.05) is 22.0 Å². The monoisotopic (exact) mass is 577 g/mol. The lowest BCUT2D eigenvalue weighted by atomic mass is 9.67. The number of piperidine rings is 1. The molecule has 3 aliphatic rings. The van der Waals surface area contributed by atoms with Gasteiger partial charge >= 0.3 is 5.97 Å². The molecular formula is C29H33Cl2NO5S. The first-order valence-electron chi connectivity index (χ1n) is 13.2. The number of sulfone groups is 1. The second-order valence-corrected chi connectivity index (χ2v) is 14.7. The SMILES string of the molecule is CC1(CC(=O)O)CC(c2cccc(Cl)c2)C(c2ccc(Cl)cc2)N(C(CS(=O)(=O)CC2CC2)C2CC2)C1=O. The van der Waals surface area contributed by atoms with E-state index in [2.05, 4.69) is 0 Å². The van der Waals surface area contributed by atoms with Crippen LogP contribution in [-0.4, -0.2) is 47.8 Å². The summed E-state index contributed by atoms with van der Waals surface area (Å²) in [4.78, 5) is 28.1. The molecule has 0 bridgehead atoms. The van der Waals surface area contributed by atoms with Gasteiger partial charge in [0.05, 0.1) is 29.4 Å². The van der Waals surface area contributed by atoms with Crippen molar-refractivity contribution in [2.24, 2.45) is 17.3 Å². The van der Waals surface area contributed by atoms with E-state index in [0.29, 0.717) is 16.5 Å². The van der Waals surface area contributed by atoms with Gasteiger partial charge in [0.25, 0.3) is 0 Å². The minimum Gasteiger partial charge on any atom is -0.481 e. The molecule has 2 aromatic rings. The van der Waals surface area contributed by atoms with Gasteiger partial charge in [0.15, 0.2) is 9.84 Å². The van der Waals surface area contributed by atoms with E-state index < -0.39 is 33.3 Å². The second-order valence-electron chi connectivity index (χ2n) is 11.6. The van der Waals surface area contributed by atoms with Crippen LogP contribution in [0.25, 0.3) is 0 Å². The van der Waals surface area contributed by atoms with E-state index in [-0.39, 0.29) is 41.6 Å². The Morgan fingerprint density at radius 3 is 2.32 bits per heavy atom. The number of hydrogen-bond donors (Lipinski definition) is 1. The number of carbonyl (C=O) groups is 2. The van der Waals surface area contributed by atoms with Crippen LogP contribution in [0.2, 0.25) is 10.0 Å². The molecule has 6 nitrogen and oxygen atoms in total. The van der Waals surface area contributed by atoms with E-state index in [1.54, 1.807) is 30.0 Å². The van der Waals surface area contributed by atoms with Crippen LogP contribution < -0.4 is 0 Å². The number of rotatable bonds is 10. The van der Waals surface area contributed by atoms with Crippen LogP contribution >= 0.6 is 23.2 Å². The average Bonchev–Trinajstić information content (AvgIpc) is 3.75. The molecule has 1 aliphatic heterocycles. The number of aliphatic carboxylic acids is 1. The van der Waals surface area contributed by atoms with Crippen LogP contribution in [0.1, 0.15) is 68.5 Å². The Labute approximate surface area is 234 Å². The molecule has 38 heavy (non-hydrogen) atoms. The topological polar surface area (TPSA) is 91.8 Å². The smallest absolute Gasteiger partial charge is 0.304 e. The lowest BCUT2D eigenvalue weighted by Gasteiger charge is -2.52. The molecule has 5 rings (SSSR count). The maximum atomic E-state index is 14.4. The van der Waals surface area contributed by atoms with Crippen molar-refractivity contribution in [1.82, 2.24) is 4.90 Å². The highest BCUT2D eigenvalue weighted by molar-refractivity contribution is 7.91. The summed E-state index contributed by atoms with van der Waals surface area (Å²) in [5.41, 5.74) is 0.534. The van der Waals surface area contributed by atoms with Gasteiger partial charge in [0.2, 0.25) is 5.91 Å². The fraction of sp³-hybridized carbons (Fsp3) is 0.517. The molecule has 1 N–H and O–H groups in total. The first-order valence-corrected chi connectivity index (χ1v) is 15.8. The third kappa shape index (κ3) is 6.05. The van der Waals surface area contributed by atoms with Crippen molar-refractivity contribution in [2.45, 2.75) is 63.5 Å². The van der Waals surface area contributed by atoms with Gasteiger partial charge in [-0.3, -0.25) is 9.59 Å². The minimum atomic E-state index is -3.41. The van der Waals surface area contributed by atoms with Gasteiger partial charge in [-0.2, -0.15) is 0 Å². The standard InChI is InChI=1S/C29H33Cl2NO5S/c1-29(15-26(33)34)14-24(21-3-2-4-23(31)13-21)27(20-9-11-22(30)12-10-20)32(28(29)35)25(19-7-8-19)17-38(36,37)16-18-5-6-18/h2-4,9-13,18-19,24-25,27H,5-8,14-17H2,1H3,(H,33,34). The van der Waals surface area contributed by atoms with Crippen LogP contribution in [0.4, 0.5) is 0 Å². The third-order valence-corrected chi connectivity index (χ3v) is 10.6. The molecular weight excluding hydrogens is 545 g/mol. The number of benzene rings is 2. The van der Waals surface area contributed by atoms with Gasteiger partial charge in [-0.25, -0.2) is 8.42 Å².